The van der Waals surface area contributed by atoms with Crippen molar-refractivity contribution in [2.75, 3.05) is 7.11 Å². The molecule has 5 aliphatic rings. The van der Waals surface area contributed by atoms with Crippen LogP contribution in [-0.2, 0) is 19.0 Å². The monoisotopic (exact) mass is 328 g/mol. The van der Waals surface area contributed by atoms with Gasteiger partial charge in [-0.15, -0.1) is 0 Å². The van der Waals surface area contributed by atoms with Crippen LogP contribution >= 0.6 is 0 Å². The number of esters is 2. The summed E-state index contributed by atoms with van der Waals surface area (Å²) in [6.45, 7) is 0.316. The minimum Gasteiger partial charge on any atom is -0.438 e. The number of ether oxygens (including phenoxy) is 1. The first kappa shape index (κ1) is 15.2. The van der Waals surface area contributed by atoms with Crippen molar-refractivity contribution < 1.29 is 19.0 Å². The van der Waals surface area contributed by atoms with Crippen molar-refractivity contribution in [2.24, 2.45) is 35.5 Å². The highest BCUT2D eigenvalue weighted by Crippen LogP contribution is 2.60. The molecule has 0 N–H and O–H groups in total. The van der Waals surface area contributed by atoms with Gasteiger partial charge >= 0.3 is 11.9 Å². The van der Waals surface area contributed by atoms with Crippen LogP contribution in [0.1, 0.15) is 38.5 Å². The van der Waals surface area contributed by atoms with Crippen LogP contribution in [0.4, 0.5) is 0 Å². The summed E-state index contributed by atoms with van der Waals surface area (Å²) >= 11 is 0. The van der Waals surface area contributed by atoms with Gasteiger partial charge in [0.15, 0.2) is 0 Å². The summed E-state index contributed by atoms with van der Waals surface area (Å²) in [5, 5.41) is 0. The lowest BCUT2D eigenvalue weighted by atomic mass is 9.42. The highest BCUT2D eigenvalue weighted by molar-refractivity contribution is 6.52. The third-order valence-electron chi connectivity index (χ3n) is 7.57. The molecular weight excluding hydrogens is 303 g/mol. The molecule has 4 fully saturated rings. The van der Waals surface area contributed by atoms with E-state index in [-0.39, 0.29) is 35.6 Å². The molecule has 0 radical (unpaired) electrons. The van der Waals surface area contributed by atoms with E-state index in [1.54, 1.807) is 18.3 Å². The Bertz CT molecular complexity index is 627. The summed E-state index contributed by atoms with van der Waals surface area (Å²) in [5.41, 5.74) is 3.10. The summed E-state index contributed by atoms with van der Waals surface area (Å²) in [4.78, 5) is 25.0. The fourth-order valence-electron chi connectivity index (χ4n) is 6.81. The van der Waals surface area contributed by atoms with E-state index in [0.717, 1.165) is 31.9 Å². The van der Waals surface area contributed by atoms with E-state index in [0.29, 0.717) is 18.8 Å². The molecule has 2 saturated carbocycles. The maximum atomic E-state index is 12.6. The molecule has 0 spiro atoms. The molecule has 5 rings (SSSR count). The number of carbonyl (C=O) groups is 2. The van der Waals surface area contributed by atoms with Crippen LogP contribution in [0.25, 0.3) is 0 Å². The number of hydrogen-bond donors (Lipinski definition) is 0. The maximum Gasteiger partial charge on any atom is 0.318 e. The van der Waals surface area contributed by atoms with Gasteiger partial charge in [-0.1, -0.05) is 17.6 Å². The van der Waals surface area contributed by atoms with E-state index in [1.807, 2.05) is 0 Å². The number of carbonyl (C=O) groups excluding carboxylic acids is 2. The Morgan fingerprint density at radius 3 is 2.71 bits per heavy atom. The van der Waals surface area contributed by atoms with Gasteiger partial charge in [-0.05, 0) is 68.4 Å². The average molecular weight is 328 g/mol. The molecule has 128 valence electrons. The van der Waals surface area contributed by atoms with Gasteiger partial charge in [-0.25, -0.2) is 0 Å². The standard InChI is InChI=1S/C19H25BO4/c1-23-20-8-10-6-11(9-20)15-14(7-10)12-4-2-3-5-13(12)16-17(15)19(22)24-18(16)21/h10-11,13,15-17H,2-9H2,1H3/t10-,11-,13+,15+,16+,17+/m1/s1. The van der Waals surface area contributed by atoms with Crippen molar-refractivity contribution in [3.63, 3.8) is 0 Å². The van der Waals surface area contributed by atoms with E-state index < -0.39 is 0 Å². The van der Waals surface area contributed by atoms with E-state index >= 15 is 0 Å². The molecule has 5 heteroatoms. The van der Waals surface area contributed by atoms with E-state index in [4.69, 9.17) is 9.39 Å². The quantitative estimate of drug-likeness (QED) is 0.321. The molecule has 0 aromatic rings. The summed E-state index contributed by atoms with van der Waals surface area (Å²) in [7, 11) is 1.80. The lowest BCUT2D eigenvalue weighted by Crippen LogP contribution is -2.48. The first-order chi connectivity index (χ1) is 11.7. The zero-order valence-electron chi connectivity index (χ0n) is 14.3. The van der Waals surface area contributed by atoms with Crippen LogP contribution in [0.3, 0.4) is 0 Å². The summed E-state index contributed by atoms with van der Waals surface area (Å²) in [6, 6.07) is 0. The summed E-state index contributed by atoms with van der Waals surface area (Å²) in [5.74, 6) is 0.823. The lowest BCUT2D eigenvalue weighted by molar-refractivity contribution is -0.154. The van der Waals surface area contributed by atoms with Crippen molar-refractivity contribution >= 4 is 18.9 Å². The van der Waals surface area contributed by atoms with Gasteiger partial charge in [0.2, 0.25) is 0 Å². The minimum atomic E-state index is -0.241. The highest BCUT2D eigenvalue weighted by Gasteiger charge is 2.60. The van der Waals surface area contributed by atoms with Gasteiger partial charge < -0.3 is 9.39 Å². The smallest absolute Gasteiger partial charge is 0.318 e. The van der Waals surface area contributed by atoms with Crippen LogP contribution in [-0.4, -0.2) is 26.0 Å². The second-order valence-corrected chi connectivity index (χ2v) is 8.62. The van der Waals surface area contributed by atoms with Crippen LogP contribution in [0.15, 0.2) is 11.1 Å². The lowest BCUT2D eigenvalue weighted by Gasteiger charge is -2.51. The van der Waals surface area contributed by atoms with Crippen molar-refractivity contribution in [3.05, 3.63) is 11.1 Å². The number of allylic oxidation sites excluding steroid dienone is 2. The maximum absolute atomic E-state index is 12.6. The molecule has 24 heavy (non-hydrogen) atoms. The zero-order chi connectivity index (χ0) is 16.4. The minimum absolute atomic E-state index is 0.193. The zero-order valence-corrected chi connectivity index (χ0v) is 14.3. The molecule has 2 bridgehead atoms. The van der Waals surface area contributed by atoms with E-state index in [1.165, 1.54) is 19.3 Å². The molecule has 0 aromatic heterocycles. The Morgan fingerprint density at radius 2 is 1.88 bits per heavy atom. The highest BCUT2D eigenvalue weighted by atomic mass is 16.6. The number of rotatable bonds is 1. The fourth-order valence-corrected chi connectivity index (χ4v) is 6.81. The van der Waals surface area contributed by atoms with Crippen LogP contribution < -0.4 is 0 Å². The fraction of sp³-hybridized carbons (Fsp3) is 0.789. The SMILES string of the molecule is COB1C[C@H]2CC3=C4CCCC[C@@H]4[C@@H]4C(=O)OC(=O)[C@H]4[C@H]3[C@@H](C1)C2. The Hall–Kier alpha value is -1.10. The Labute approximate surface area is 143 Å². The molecule has 0 aromatic carbocycles. The predicted molar refractivity (Wildman–Crippen MR) is 89.1 cm³/mol. The van der Waals surface area contributed by atoms with Gasteiger partial charge in [0, 0.05) is 7.11 Å². The third kappa shape index (κ3) is 2.03. The van der Waals surface area contributed by atoms with Gasteiger partial charge in [-0.2, -0.15) is 0 Å². The van der Waals surface area contributed by atoms with Crippen molar-refractivity contribution in [1.29, 1.82) is 0 Å². The first-order valence-corrected chi connectivity index (χ1v) is 9.67. The molecule has 2 saturated heterocycles. The Morgan fingerprint density at radius 1 is 1.04 bits per heavy atom. The molecule has 0 amide bonds. The first-order valence-electron chi connectivity index (χ1n) is 9.67. The normalized spacial score (nSPS) is 44.0. The predicted octanol–water partition coefficient (Wildman–Crippen LogP) is 3.10. The third-order valence-corrected chi connectivity index (χ3v) is 7.57. The van der Waals surface area contributed by atoms with Crippen LogP contribution in [0, 0.1) is 35.5 Å². The number of cyclic esters (lactones) is 2. The average Bonchev–Trinajstić information content (AvgIpc) is 2.89. The van der Waals surface area contributed by atoms with Crippen molar-refractivity contribution in [1.82, 2.24) is 0 Å². The molecule has 6 atom stereocenters. The largest absolute Gasteiger partial charge is 0.438 e. The molecule has 2 aliphatic heterocycles. The summed E-state index contributed by atoms with van der Waals surface area (Å²) < 4.78 is 10.8. The molecular formula is C19H25BO4. The Balaban J connectivity index is 1.61. The molecule has 4 nitrogen and oxygen atoms in total. The second-order valence-electron chi connectivity index (χ2n) is 8.62. The summed E-state index contributed by atoms with van der Waals surface area (Å²) in [6.07, 6.45) is 9.10. The topological polar surface area (TPSA) is 52.6 Å². The van der Waals surface area contributed by atoms with Crippen molar-refractivity contribution in [2.45, 2.75) is 51.2 Å². The van der Waals surface area contributed by atoms with Crippen LogP contribution in [0.5, 0.6) is 0 Å². The number of fused-ring (bicyclic) bond motifs is 8. The van der Waals surface area contributed by atoms with Gasteiger partial charge in [-0.3, -0.25) is 9.59 Å². The van der Waals surface area contributed by atoms with Gasteiger partial charge in [0.1, 0.15) is 0 Å². The molecule has 3 aliphatic carbocycles. The molecule has 2 heterocycles. The van der Waals surface area contributed by atoms with Gasteiger partial charge in [0.05, 0.1) is 11.8 Å². The second kappa shape index (κ2) is 5.45. The van der Waals surface area contributed by atoms with Crippen molar-refractivity contribution in [3.8, 4) is 0 Å². The Kier molecular flexibility index (Phi) is 3.45. The number of hydrogen-bond acceptors (Lipinski definition) is 4. The van der Waals surface area contributed by atoms with Gasteiger partial charge in [0.25, 0.3) is 6.92 Å². The van der Waals surface area contributed by atoms with E-state index in [9.17, 15) is 9.59 Å². The van der Waals surface area contributed by atoms with E-state index in [2.05, 4.69) is 0 Å². The van der Waals surface area contributed by atoms with Crippen LogP contribution in [0.2, 0.25) is 12.6 Å². The molecule has 0 unspecified atom stereocenters.